The number of hydrogen-bond acceptors (Lipinski definition) is 3. The van der Waals surface area contributed by atoms with Crippen molar-refractivity contribution in [3.63, 3.8) is 0 Å². The van der Waals surface area contributed by atoms with Gasteiger partial charge >= 0.3 is 5.97 Å². The van der Waals surface area contributed by atoms with Crippen LogP contribution in [-0.4, -0.2) is 11.1 Å². The van der Waals surface area contributed by atoms with Gasteiger partial charge in [0.25, 0.3) is 0 Å². The minimum atomic E-state index is -1.09. The average molecular weight is 285 g/mol. The number of ether oxygens (including phenoxy) is 1. The molecule has 0 saturated carbocycles. The number of hydrogen-bond donors (Lipinski definition) is 1. The van der Waals surface area contributed by atoms with Gasteiger partial charge in [-0.25, -0.2) is 9.18 Å². The zero-order valence-corrected chi connectivity index (χ0v) is 11.3. The van der Waals surface area contributed by atoms with Crippen molar-refractivity contribution in [2.75, 3.05) is 0 Å². The van der Waals surface area contributed by atoms with Crippen molar-refractivity contribution in [1.82, 2.24) is 0 Å². The highest BCUT2D eigenvalue weighted by Gasteiger charge is 2.13. The summed E-state index contributed by atoms with van der Waals surface area (Å²) in [5.41, 5.74) is 1.38. The summed E-state index contributed by atoms with van der Waals surface area (Å²) in [7, 11) is 0. The molecule has 0 aromatic heterocycles. The number of nitriles is 1. The maximum absolute atomic E-state index is 13.3. The molecule has 0 bridgehead atoms. The second-order valence-corrected chi connectivity index (χ2v) is 4.51. The molecule has 2 rings (SSSR count). The number of benzene rings is 2. The zero-order valence-electron chi connectivity index (χ0n) is 11.3. The van der Waals surface area contributed by atoms with E-state index < -0.39 is 11.8 Å². The van der Waals surface area contributed by atoms with Gasteiger partial charge in [-0.15, -0.1) is 0 Å². The highest BCUT2D eigenvalue weighted by molar-refractivity contribution is 5.91. The Bertz CT molecular complexity index is 735. The summed E-state index contributed by atoms with van der Waals surface area (Å²) in [6, 6.07) is 10.5. The third kappa shape index (κ3) is 3.37. The molecule has 0 amide bonds. The predicted molar refractivity (Wildman–Crippen MR) is 73.6 cm³/mol. The molecule has 0 aliphatic heterocycles. The van der Waals surface area contributed by atoms with Crippen LogP contribution in [0.2, 0.25) is 0 Å². The van der Waals surface area contributed by atoms with E-state index in [1.54, 1.807) is 19.1 Å². The molecule has 0 aliphatic rings. The van der Waals surface area contributed by atoms with Gasteiger partial charge in [0.2, 0.25) is 0 Å². The van der Waals surface area contributed by atoms with Gasteiger partial charge in [0.1, 0.15) is 23.7 Å². The fourth-order valence-electron chi connectivity index (χ4n) is 1.97. The van der Waals surface area contributed by atoms with Crippen LogP contribution in [0.15, 0.2) is 36.4 Å². The van der Waals surface area contributed by atoms with E-state index in [0.717, 1.165) is 6.07 Å². The van der Waals surface area contributed by atoms with E-state index in [4.69, 9.17) is 15.1 Å². The van der Waals surface area contributed by atoms with Gasteiger partial charge < -0.3 is 9.84 Å². The molecule has 4 nitrogen and oxygen atoms in total. The van der Waals surface area contributed by atoms with Crippen molar-refractivity contribution in [3.8, 4) is 11.8 Å². The second-order valence-electron chi connectivity index (χ2n) is 4.51. The van der Waals surface area contributed by atoms with E-state index in [0.29, 0.717) is 11.1 Å². The minimum Gasteiger partial charge on any atom is -0.488 e. The summed E-state index contributed by atoms with van der Waals surface area (Å²) in [5.74, 6) is -1.38. The number of halogens is 1. The first-order valence-corrected chi connectivity index (χ1v) is 6.16. The molecular formula is C16H12FNO3. The van der Waals surface area contributed by atoms with Crippen LogP contribution in [0, 0.1) is 24.1 Å². The van der Waals surface area contributed by atoms with Gasteiger partial charge in [0.15, 0.2) is 0 Å². The smallest absolute Gasteiger partial charge is 0.339 e. The summed E-state index contributed by atoms with van der Waals surface area (Å²) in [6.07, 6.45) is 0. The largest absolute Gasteiger partial charge is 0.488 e. The molecule has 0 unspecified atom stereocenters. The maximum Gasteiger partial charge on any atom is 0.339 e. The van der Waals surface area contributed by atoms with Crippen LogP contribution in [0.3, 0.4) is 0 Å². The van der Waals surface area contributed by atoms with Crippen LogP contribution >= 0.6 is 0 Å². The molecule has 0 heterocycles. The molecule has 2 aromatic carbocycles. The quantitative estimate of drug-likeness (QED) is 0.935. The lowest BCUT2D eigenvalue weighted by Gasteiger charge is -2.12. The number of aryl methyl sites for hydroxylation is 1. The Kier molecular flexibility index (Phi) is 4.19. The van der Waals surface area contributed by atoms with Gasteiger partial charge in [0.05, 0.1) is 11.6 Å². The number of para-hydroxylation sites is 1. The Labute approximate surface area is 121 Å². The lowest BCUT2D eigenvalue weighted by atomic mass is 10.1. The Morgan fingerprint density at radius 1 is 1.38 bits per heavy atom. The van der Waals surface area contributed by atoms with Crippen molar-refractivity contribution in [1.29, 1.82) is 5.26 Å². The first-order chi connectivity index (χ1) is 10.0. The summed E-state index contributed by atoms with van der Waals surface area (Å²) in [4.78, 5) is 11.2. The van der Waals surface area contributed by atoms with Crippen molar-refractivity contribution in [2.45, 2.75) is 13.5 Å². The average Bonchev–Trinajstić information content (AvgIpc) is 2.45. The standard InChI is InChI=1S/C16H12FNO3/c1-10-3-2-4-14(16(19)20)15(10)21-9-12-5-11(8-18)6-13(17)7-12/h2-7H,9H2,1H3,(H,19,20). The number of nitrogens with zero attached hydrogens (tertiary/aromatic N) is 1. The van der Waals surface area contributed by atoms with Crippen molar-refractivity contribution in [3.05, 3.63) is 64.5 Å². The van der Waals surface area contributed by atoms with Gasteiger partial charge in [-0.05, 0) is 42.3 Å². The second kappa shape index (κ2) is 6.06. The normalized spacial score (nSPS) is 9.95. The lowest BCUT2D eigenvalue weighted by molar-refractivity contribution is 0.0691. The summed E-state index contributed by atoms with van der Waals surface area (Å²) < 4.78 is 18.8. The van der Waals surface area contributed by atoms with Crippen LogP contribution in [-0.2, 0) is 6.61 Å². The van der Waals surface area contributed by atoms with Gasteiger partial charge in [-0.2, -0.15) is 5.26 Å². The van der Waals surface area contributed by atoms with Crippen molar-refractivity contribution < 1.29 is 19.0 Å². The third-order valence-corrected chi connectivity index (χ3v) is 2.91. The topological polar surface area (TPSA) is 70.3 Å². The minimum absolute atomic E-state index is 0.0163. The number of carboxylic acid groups (broad SMARTS) is 1. The van der Waals surface area contributed by atoms with Crippen LogP contribution in [0.1, 0.15) is 27.0 Å². The van der Waals surface area contributed by atoms with Gasteiger partial charge in [-0.1, -0.05) is 12.1 Å². The Balaban J connectivity index is 2.27. The van der Waals surface area contributed by atoms with Crippen LogP contribution in [0.5, 0.6) is 5.75 Å². The number of carboxylic acids is 1. The molecule has 2 aromatic rings. The third-order valence-electron chi connectivity index (χ3n) is 2.91. The molecule has 0 atom stereocenters. The van der Waals surface area contributed by atoms with E-state index >= 15 is 0 Å². The summed E-state index contributed by atoms with van der Waals surface area (Å²) in [6.45, 7) is 1.71. The van der Waals surface area contributed by atoms with E-state index in [-0.39, 0.29) is 23.5 Å². The van der Waals surface area contributed by atoms with E-state index in [1.807, 2.05) is 6.07 Å². The van der Waals surface area contributed by atoms with E-state index in [2.05, 4.69) is 0 Å². The number of aromatic carboxylic acids is 1. The van der Waals surface area contributed by atoms with Crippen LogP contribution in [0.4, 0.5) is 4.39 Å². The number of carbonyl (C=O) groups is 1. The molecule has 0 spiro atoms. The van der Waals surface area contributed by atoms with E-state index in [9.17, 15) is 9.18 Å². The van der Waals surface area contributed by atoms with E-state index in [1.165, 1.54) is 18.2 Å². The van der Waals surface area contributed by atoms with Gasteiger partial charge in [-0.3, -0.25) is 0 Å². The molecule has 5 heteroatoms. The van der Waals surface area contributed by atoms with Crippen LogP contribution in [0.25, 0.3) is 0 Å². The zero-order chi connectivity index (χ0) is 15.4. The first-order valence-electron chi connectivity index (χ1n) is 6.16. The number of rotatable bonds is 4. The highest BCUT2D eigenvalue weighted by atomic mass is 19.1. The van der Waals surface area contributed by atoms with Crippen molar-refractivity contribution in [2.24, 2.45) is 0 Å². The first kappa shape index (κ1) is 14.5. The highest BCUT2D eigenvalue weighted by Crippen LogP contribution is 2.24. The molecule has 1 N–H and O–H groups in total. The molecule has 0 saturated heterocycles. The molecule has 0 fully saturated rings. The fourth-order valence-corrected chi connectivity index (χ4v) is 1.97. The van der Waals surface area contributed by atoms with Gasteiger partial charge in [0, 0.05) is 0 Å². The maximum atomic E-state index is 13.3. The summed E-state index contributed by atoms with van der Waals surface area (Å²) in [5, 5.41) is 17.9. The molecule has 106 valence electrons. The monoisotopic (exact) mass is 285 g/mol. The lowest BCUT2D eigenvalue weighted by Crippen LogP contribution is -2.05. The SMILES string of the molecule is Cc1cccc(C(=O)O)c1OCc1cc(F)cc(C#N)c1. The molecular weight excluding hydrogens is 273 g/mol. The Morgan fingerprint density at radius 2 is 2.14 bits per heavy atom. The molecule has 0 aliphatic carbocycles. The Hall–Kier alpha value is -2.87. The Morgan fingerprint density at radius 3 is 2.81 bits per heavy atom. The fraction of sp³-hybridized carbons (Fsp3) is 0.125. The summed E-state index contributed by atoms with van der Waals surface area (Å²) >= 11 is 0. The van der Waals surface area contributed by atoms with Crippen molar-refractivity contribution >= 4 is 5.97 Å². The molecule has 0 radical (unpaired) electrons. The molecule has 21 heavy (non-hydrogen) atoms. The predicted octanol–water partition coefficient (Wildman–Crippen LogP) is 3.28. The van der Waals surface area contributed by atoms with Crippen LogP contribution < -0.4 is 4.74 Å².